The van der Waals surface area contributed by atoms with E-state index in [4.69, 9.17) is 9.84 Å². The van der Waals surface area contributed by atoms with Gasteiger partial charge < -0.3 is 15.2 Å². The summed E-state index contributed by atoms with van der Waals surface area (Å²) < 4.78 is 30.6. The van der Waals surface area contributed by atoms with Crippen LogP contribution in [0.15, 0.2) is 0 Å². The van der Waals surface area contributed by atoms with Crippen LogP contribution >= 0.6 is 0 Å². The van der Waals surface area contributed by atoms with Crippen LogP contribution in [0.25, 0.3) is 0 Å². The van der Waals surface area contributed by atoms with Gasteiger partial charge in [0.1, 0.15) is 0 Å². The van der Waals surface area contributed by atoms with Crippen molar-refractivity contribution in [3.8, 4) is 0 Å². The Morgan fingerprint density at radius 1 is 1.50 bits per heavy atom. The molecule has 0 saturated carbocycles. The molecule has 0 spiro atoms. The molecule has 96 valence electrons. The number of hydrogen-bond acceptors (Lipinski definition) is 5. The molecule has 0 bridgehead atoms. The van der Waals surface area contributed by atoms with Gasteiger partial charge in [-0.25, -0.2) is 8.42 Å². The predicted octanol–water partition coefficient (Wildman–Crippen LogP) is -1.38. The van der Waals surface area contributed by atoms with Crippen LogP contribution in [0.5, 0.6) is 0 Å². The summed E-state index contributed by atoms with van der Waals surface area (Å²) in [5.41, 5.74) is 0. The number of ether oxygens (including phenoxy) is 1. The Bertz CT molecular complexity index is 307. The zero-order valence-electron chi connectivity index (χ0n) is 9.72. The topological polar surface area (TPSA) is 78.9 Å². The van der Waals surface area contributed by atoms with Gasteiger partial charge in [0.2, 0.25) is 10.0 Å². The van der Waals surface area contributed by atoms with Crippen molar-refractivity contribution in [1.29, 1.82) is 0 Å². The fourth-order valence-corrected chi connectivity index (χ4v) is 3.24. The van der Waals surface area contributed by atoms with Gasteiger partial charge in [0.25, 0.3) is 0 Å². The molecule has 2 N–H and O–H groups in total. The van der Waals surface area contributed by atoms with Crippen LogP contribution in [-0.2, 0) is 14.8 Å². The lowest BCUT2D eigenvalue weighted by atomic mass is 10.2. The lowest BCUT2D eigenvalue weighted by Crippen LogP contribution is -2.51. The van der Waals surface area contributed by atoms with Crippen molar-refractivity contribution in [2.45, 2.75) is 19.1 Å². The third kappa shape index (κ3) is 3.67. The monoisotopic (exact) mass is 252 g/mol. The first-order chi connectivity index (χ1) is 7.49. The SMILES string of the molecule is CNCCS(=O)(=O)N1CC(C)OC(CO)C1. The summed E-state index contributed by atoms with van der Waals surface area (Å²) in [6, 6.07) is 0. The van der Waals surface area contributed by atoms with E-state index in [2.05, 4.69) is 5.32 Å². The lowest BCUT2D eigenvalue weighted by molar-refractivity contribution is -0.0750. The molecule has 0 aliphatic carbocycles. The standard InChI is InChI=1S/C9H20N2O4S/c1-8-5-11(6-9(7-12)15-8)16(13,14)4-3-10-2/h8-10,12H,3-7H2,1-2H3. The van der Waals surface area contributed by atoms with Gasteiger partial charge in [-0.3, -0.25) is 0 Å². The minimum absolute atomic E-state index is 0.0777. The van der Waals surface area contributed by atoms with Crippen LogP contribution < -0.4 is 5.32 Å². The third-order valence-electron chi connectivity index (χ3n) is 2.50. The van der Waals surface area contributed by atoms with E-state index in [0.717, 1.165) is 0 Å². The maximum atomic E-state index is 11.9. The molecule has 2 atom stereocenters. The minimum Gasteiger partial charge on any atom is -0.394 e. The molecular formula is C9H20N2O4S. The highest BCUT2D eigenvalue weighted by Crippen LogP contribution is 2.14. The van der Waals surface area contributed by atoms with E-state index in [-0.39, 0.29) is 25.0 Å². The first-order valence-corrected chi connectivity index (χ1v) is 6.99. The van der Waals surface area contributed by atoms with E-state index in [1.54, 1.807) is 7.05 Å². The third-order valence-corrected chi connectivity index (χ3v) is 4.30. The highest BCUT2D eigenvalue weighted by atomic mass is 32.2. The number of aliphatic hydroxyl groups excluding tert-OH is 1. The van der Waals surface area contributed by atoms with Crippen molar-refractivity contribution in [1.82, 2.24) is 9.62 Å². The number of morpholine rings is 1. The lowest BCUT2D eigenvalue weighted by Gasteiger charge is -2.35. The van der Waals surface area contributed by atoms with Crippen molar-refractivity contribution < 1.29 is 18.3 Å². The number of hydrogen-bond donors (Lipinski definition) is 2. The average molecular weight is 252 g/mol. The predicted molar refractivity (Wildman–Crippen MR) is 60.7 cm³/mol. The van der Waals surface area contributed by atoms with E-state index in [1.807, 2.05) is 6.92 Å². The first kappa shape index (κ1) is 13.9. The van der Waals surface area contributed by atoms with Gasteiger partial charge in [-0.1, -0.05) is 0 Å². The summed E-state index contributed by atoms with van der Waals surface area (Å²) in [6.07, 6.45) is -0.580. The molecule has 0 aromatic rings. The second kappa shape index (κ2) is 5.92. The Morgan fingerprint density at radius 3 is 2.75 bits per heavy atom. The van der Waals surface area contributed by atoms with Gasteiger partial charge in [-0.15, -0.1) is 0 Å². The fraction of sp³-hybridized carbons (Fsp3) is 1.00. The molecule has 1 aliphatic rings. The number of nitrogens with one attached hydrogen (secondary N) is 1. The van der Waals surface area contributed by atoms with Crippen LogP contribution in [0.3, 0.4) is 0 Å². The van der Waals surface area contributed by atoms with E-state index in [9.17, 15) is 8.42 Å². The fourth-order valence-electron chi connectivity index (χ4n) is 1.69. The van der Waals surface area contributed by atoms with E-state index in [0.29, 0.717) is 13.1 Å². The molecular weight excluding hydrogens is 232 g/mol. The number of aliphatic hydroxyl groups is 1. The molecule has 1 fully saturated rings. The molecule has 0 amide bonds. The highest BCUT2D eigenvalue weighted by molar-refractivity contribution is 7.89. The molecule has 1 saturated heterocycles. The highest BCUT2D eigenvalue weighted by Gasteiger charge is 2.31. The summed E-state index contributed by atoms with van der Waals surface area (Å²) in [4.78, 5) is 0. The van der Waals surface area contributed by atoms with E-state index < -0.39 is 16.1 Å². The molecule has 0 aromatic heterocycles. The molecule has 7 heteroatoms. The Labute approximate surface area is 96.6 Å². The normalized spacial score (nSPS) is 28.2. The molecule has 1 aliphatic heterocycles. The average Bonchev–Trinajstić information content (AvgIpc) is 2.25. The molecule has 1 heterocycles. The second-order valence-electron chi connectivity index (χ2n) is 3.99. The van der Waals surface area contributed by atoms with Gasteiger partial charge in [0, 0.05) is 19.6 Å². The van der Waals surface area contributed by atoms with Crippen LogP contribution in [0.1, 0.15) is 6.92 Å². The Balaban J connectivity index is 2.64. The quantitative estimate of drug-likeness (QED) is 0.630. The van der Waals surface area contributed by atoms with Crippen LogP contribution in [0.2, 0.25) is 0 Å². The summed E-state index contributed by atoms with van der Waals surface area (Å²) in [7, 11) is -1.53. The van der Waals surface area contributed by atoms with Crippen molar-refractivity contribution >= 4 is 10.0 Å². The summed E-state index contributed by atoms with van der Waals surface area (Å²) >= 11 is 0. The summed E-state index contributed by atoms with van der Waals surface area (Å²) in [5.74, 6) is 0.0777. The summed E-state index contributed by atoms with van der Waals surface area (Å²) in [6.45, 7) is 2.69. The van der Waals surface area contributed by atoms with E-state index >= 15 is 0 Å². The number of sulfonamides is 1. The van der Waals surface area contributed by atoms with Crippen LogP contribution in [0, 0.1) is 0 Å². The van der Waals surface area contributed by atoms with Gasteiger partial charge in [-0.2, -0.15) is 4.31 Å². The molecule has 16 heavy (non-hydrogen) atoms. The van der Waals surface area contributed by atoms with E-state index in [1.165, 1.54) is 4.31 Å². The zero-order chi connectivity index (χ0) is 12.2. The van der Waals surface area contributed by atoms with Crippen LogP contribution in [-0.4, -0.2) is 69.1 Å². The minimum atomic E-state index is -3.24. The van der Waals surface area contributed by atoms with Gasteiger partial charge >= 0.3 is 0 Å². The number of rotatable bonds is 5. The van der Waals surface area contributed by atoms with Gasteiger partial charge in [-0.05, 0) is 14.0 Å². The smallest absolute Gasteiger partial charge is 0.215 e. The maximum absolute atomic E-state index is 11.9. The summed E-state index contributed by atoms with van der Waals surface area (Å²) in [5, 5.41) is 11.8. The first-order valence-electron chi connectivity index (χ1n) is 5.38. The van der Waals surface area contributed by atoms with Crippen molar-refractivity contribution in [3.63, 3.8) is 0 Å². The Hall–Kier alpha value is -0.210. The molecule has 0 aromatic carbocycles. The molecule has 1 rings (SSSR count). The van der Waals surface area contributed by atoms with Gasteiger partial charge in [0.05, 0.1) is 24.6 Å². The molecule has 2 unspecified atom stereocenters. The van der Waals surface area contributed by atoms with Crippen molar-refractivity contribution in [3.05, 3.63) is 0 Å². The Kier molecular flexibility index (Phi) is 5.13. The molecule has 0 radical (unpaired) electrons. The second-order valence-corrected chi connectivity index (χ2v) is 6.08. The molecule has 6 nitrogen and oxygen atoms in total. The largest absolute Gasteiger partial charge is 0.394 e. The maximum Gasteiger partial charge on any atom is 0.215 e. The number of nitrogens with zero attached hydrogens (tertiary/aromatic N) is 1. The van der Waals surface area contributed by atoms with Crippen LogP contribution in [0.4, 0.5) is 0 Å². The van der Waals surface area contributed by atoms with Crippen molar-refractivity contribution in [2.75, 3.05) is 39.0 Å². The van der Waals surface area contributed by atoms with Gasteiger partial charge in [0.15, 0.2) is 0 Å². The van der Waals surface area contributed by atoms with Crippen molar-refractivity contribution in [2.24, 2.45) is 0 Å². The Morgan fingerprint density at radius 2 is 2.19 bits per heavy atom. The zero-order valence-corrected chi connectivity index (χ0v) is 10.5.